The van der Waals surface area contributed by atoms with Crippen LogP contribution < -0.4 is 5.32 Å². The van der Waals surface area contributed by atoms with E-state index in [2.05, 4.69) is 10.4 Å². The van der Waals surface area contributed by atoms with Crippen molar-refractivity contribution in [3.8, 4) is 0 Å². The number of nitrogens with zero attached hydrogens (tertiary/aromatic N) is 2. The van der Waals surface area contributed by atoms with Crippen LogP contribution in [0.15, 0.2) is 12.3 Å². The number of hydrogen-bond acceptors (Lipinski definition) is 3. The summed E-state index contributed by atoms with van der Waals surface area (Å²) in [4.78, 5) is 0. The molecular formula is C12H19F4N3O. The quantitative estimate of drug-likeness (QED) is 0.712. The van der Waals surface area contributed by atoms with Gasteiger partial charge in [0, 0.05) is 12.7 Å². The summed E-state index contributed by atoms with van der Waals surface area (Å²) in [7, 11) is 1.64. The Hall–Kier alpha value is -1.15. The molecule has 1 heterocycles. The third-order valence-corrected chi connectivity index (χ3v) is 2.79. The zero-order chi connectivity index (χ0) is 15.2. The summed E-state index contributed by atoms with van der Waals surface area (Å²) in [6, 6.07) is 1.36. The Kier molecular flexibility index (Phi) is 6.41. The Balaban J connectivity index is 2.57. The summed E-state index contributed by atoms with van der Waals surface area (Å²) in [6.07, 6.45) is -1.25. The van der Waals surface area contributed by atoms with Crippen LogP contribution in [-0.2, 0) is 11.3 Å². The summed E-state index contributed by atoms with van der Waals surface area (Å²) >= 11 is 0. The second kappa shape index (κ2) is 7.58. The molecule has 1 atom stereocenters. The molecule has 1 unspecified atom stereocenters. The highest BCUT2D eigenvalue weighted by atomic mass is 19.3. The van der Waals surface area contributed by atoms with Crippen molar-refractivity contribution in [2.24, 2.45) is 0 Å². The van der Waals surface area contributed by atoms with Crippen molar-refractivity contribution >= 4 is 0 Å². The molecule has 0 amide bonds. The van der Waals surface area contributed by atoms with Gasteiger partial charge in [0.25, 0.3) is 0 Å². The number of alkyl halides is 4. The zero-order valence-electron chi connectivity index (χ0n) is 11.5. The van der Waals surface area contributed by atoms with E-state index in [-0.39, 0.29) is 12.6 Å². The Morgan fingerprint density at radius 3 is 2.70 bits per heavy atom. The topological polar surface area (TPSA) is 39.1 Å². The third kappa shape index (κ3) is 4.45. The average Bonchev–Trinajstić information content (AvgIpc) is 2.83. The summed E-state index contributed by atoms with van der Waals surface area (Å²) in [5.41, 5.74) is 0.773. The minimum absolute atomic E-state index is 0.131. The van der Waals surface area contributed by atoms with Gasteiger partial charge in [0.15, 0.2) is 0 Å². The van der Waals surface area contributed by atoms with E-state index in [1.54, 1.807) is 24.0 Å². The normalized spacial score (nSPS) is 13.9. The van der Waals surface area contributed by atoms with Crippen LogP contribution in [-0.4, -0.2) is 42.4 Å². The fraction of sp³-hybridized carbons (Fsp3) is 0.750. The van der Waals surface area contributed by atoms with E-state index in [9.17, 15) is 17.6 Å². The zero-order valence-corrected chi connectivity index (χ0v) is 11.5. The fourth-order valence-electron chi connectivity index (χ4n) is 1.73. The molecule has 0 aromatic carbocycles. The molecule has 0 aliphatic heterocycles. The lowest BCUT2D eigenvalue weighted by molar-refractivity contribution is -0.167. The predicted molar refractivity (Wildman–Crippen MR) is 66.1 cm³/mol. The van der Waals surface area contributed by atoms with Gasteiger partial charge in [0.05, 0.1) is 18.3 Å². The lowest BCUT2D eigenvalue weighted by Crippen LogP contribution is -2.34. The van der Waals surface area contributed by atoms with Crippen LogP contribution in [0, 0.1) is 0 Å². The second-order valence-corrected chi connectivity index (χ2v) is 4.40. The van der Waals surface area contributed by atoms with Crippen molar-refractivity contribution in [3.63, 3.8) is 0 Å². The van der Waals surface area contributed by atoms with E-state index < -0.39 is 19.0 Å². The number of nitrogens with one attached hydrogen (secondary N) is 1. The molecule has 1 aromatic heterocycles. The molecular weight excluding hydrogens is 278 g/mol. The van der Waals surface area contributed by atoms with Crippen LogP contribution in [0.4, 0.5) is 17.6 Å². The van der Waals surface area contributed by atoms with Gasteiger partial charge < -0.3 is 10.1 Å². The fourth-order valence-corrected chi connectivity index (χ4v) is 1.73. The Labute approximate surface area is 115 Å². The number of hydrogen-bond donors (Lipinski definition) is 1. The largest absolute Gasteiger partial charge is 0.373 e. The van der Waals surface area contributed by atoms with Gasteiger partial charge in [0.1, 0.15) is 6.61 Å². The lowest BCUT2D eigenvalue weighted by Gasteiger charge is -2.20. The van der Waals surface area contributed by atoms with Crippen LogP contribution in [0.3, 0.4) is 0 Å². The van der Waals surface area contributed by atoms with Crippen molar-refractivity contribution < 1.29 is 22.3 Å². The van der Waals surface area contributed by atoms with Gasteiger partial charge in [-0.25, -0.2) is 8.78 Å². The van der Waals surface area contributed by atoms with Gasteiger partial charge >= 0.3 is 12.3 Å². The molecule has 0 aliphatic rings. The number of halogens is 4. The van der Waals surface area contributed by atoms with Gasteiger partial charge in [-0.2, -0.15) is 13.9 Å². The van der Waals surface area contributed by atoms with E-state index in [4.69, 9.17) is 4.74 Å². The first-order valence-electron chi connectivity index (χ1n) is 6.35. The van der Waals surface area contributed by atoms with Gasteiger partial charge in [-0.05, 0) is 19.5 Å². The molecule has 0 fully saturated rings. The van der Waals surface area contributed by atoms with Crippen LogP contribution in [0.2, 0.25) is 0 Å². The number of ether oxygens (including phenoxy) is 1. The van der Waals surface area contributed by atoms with Crippen molar-refractivity contribution in [1.29, 1.82) is 0 Å². The first-order valence-corrected chi connectivity index (χ1v) is 6.35. The highest BCUT2D eigenvalue weighted by Gasteiger charge is 2.41. The van der Waals surface area contributed by atoms with E-state index in [0.717, 1.165) is 12.1 Å². The van der Waals surface area contributed by atoms with Crippen LogP contribution in [0.5, 0.6) is 0 Å². The molecule has 1 N–H and O–H groups in total. The van der Waals surface area contributed by atoms with Crippen molar-refractivity contribution in [2.75, 3.05) is 20.3 Å². The Morgan fingerprint density at radius 2 is 2.15 bits per heavy atom. The second-order valence-electron chi connectivity index (χ2n) is 4.40. The molecule has 1 rings (SSSR count). The predicted octanol–water partition coefficient (Wildman–Crippen LogP) is 2.47. The maximum atomic E-state index is 12.7. The van der Waals surface area contributed by atoms with Crippen molar-refractivity contribution in [3.05, 3.63) is 18.0 Å². The minimum Gasteiger partial charge on any atom is -0.373 e. The van der Waals surface area contributed by atoms with E-state index >= 15 is 0 Å². The summed E-state index contributed by atoms with van der Waals surface area (Å²) < 4.78 is 55.9. The Morgan fingerprint density at radius 1 is 1.45 bits per heavy atom. The molecule has 0 radical (unpaired) electrons. The average molecular weight is 297 g/mol. The van der Waals surface area contributed by atoms with E-state index in [1.165, 1.54) is 0 Å². The smallest absolute Gasteiger partial charge is 0.330 e. The summed E-state index contributed by atoms with van der Waals surface area (Å²) in [6.45, 7) is 1.24. The van der Waals surface area contributed by atoms with E-state index in [1.807, 2.05) is 6.92 Å². The molecule has 0 aliphatic carbocycles. The highest BCUT2D eigenvalue weighted by Crippen LogP contribution is 2.23. The molecule has 0 spiro atoms. The first kappa shape index (κ1) is 16.9. The highest BCUT2D eigenvalue weighted by molar-refractivity contribution is 5.07. The van der Waals surface area contributed by atoms with Crippen LogP contribution in [0.25, 0.3) is 0 Å². The molecule has 0 saturated carbocycles. The number of rotatable bonds is 9. The van der Waals surface area contributed by atoms with Gasteiger partial charge in [-0.1, -0.05) is 6.92 Å². The third-order valence-electron chi connectivity index (χ3n) is 2.79. The molecule has 8 heteroatoms. The van der Waals surface area contributed by atoms with Crippen molar-refractivity contribution in [2.45, 2.75) is 38.3 Å². The monoisotopic (exact) mass is 297 g/mol. The van der Waals surface area contributed by atoms with Gasteiger partial charge in [-0.3, -0.25) is 4.68 Å². The van der Waals surface area contributed by atoms with E-state index in [0.29, 0.717) is 6.54 Å². The molecule has 0 bridgehead atoms. The maximum Gasteiger partial charge on any atom is 0.330 e. The standard InChI is InChI=1S/C12H19F4N3O/c1-3-6-19-10(4-5-18-19)9(17-2)7-20-8-12(15,16)11(13)14/h4-5,9,11,17H,3,6-8H2,1-2H3. The van der Waals surface area contributed by atoms with Gasteiger partial charge in [0.2, 0.25) is 0 Å². The lowest BCUT2D eigenvalue weighted by atomic mass is 10.2. The molecule has 116 valence electrons. The molecule has 0 saturated heterocycles. The van der Waals surface area contributed by atoms with Crippen molar-refractivity contribution in [1.82, 2.24) is 15.1 Å². The minimum atomic E-state index is -4.12. The summed E-state index contributed by atoms with van der Waals surface area (Å²) in [5, 5.41) is 7.01. The number of aryl methyl sites for hydroxylation is 1. The Bertz CT molecular complexity index is 398. The SMILES string of the molecule is CCCn1nccc1C(COCC(F)(F)C(F)F)NC. The van der Waals surface area contributed by atoms with Gasteiger partial charge in [-0.15, -0.1) is 0 Å². The molecule has 4 nitrogen and oxygen atoms in total. The maximum absolute atomic E-state index is 12.7. The number of aromatic nitrogens is 2. The molecule has 20 heavy (non-hydrogen) atoms. The van der Waals surface area contributed by atoms with Crippen LogP contribution >= 0.6 is 0 Å². The first-order chi connectivity index (χ1) is 9.42. The number of likely N-dealkylation sites (N-methyl/N-ethyl adjacent to an activating group) is 1. The summed E-state index contributed by atoms with van der Waals surface area (Å²) in [5.74, 6) is -4.12. The van der Waals surface area contributed by atoms with Crippen LogP contribution in [0.1, 0.15) is 25.1 Å². The molecule has 1 aromatic rings.